The summed E-state index contributed by atoms with van der Waals surface area (Å²) in [4.78, 5) is 2.39. The van der Waals surface area contributed by atoms with E-state index in [1.54, 1.807) is 4.31 Å². The molecule has 1 spiro atoms. The lowest BCUT2D eigenvalue weighted by Gasteiger charge is -2.24. The molecule has 1 unspecified atom stereocenters. The predicted molar refractivity (Wildman–Crippen MR) is 101 cm³/mol. The Morgan fingerprint density at radius 1 is 1.04 bits per heavy atom. The number of sulfonamides is 1. The van der Waals surface area contributed by atoms with Crippen molar-refractivity contribution in [2.45, 2.75) is 32.1 Å². The van der Waals surface area contributed by atoms with Gasteiger partial charge in [0.15, 0.2) is 0 Å². The van der Waals surface area contributed by atoms with Gasteiger partial charge >= 0.3 is 0 Å². The molecule has 2 saturated heterocycles. The molecule has 0 amide bonds. The first kappa shape index (κ1) is 17.8. The number of rotatable bonds is 5. The van der Waals surface area contributed by atoms with Crippen molar-refractivity contribution in [3.63, 3.8) is 0 Å². The van der Waals surface area contributed by atoms with Gasteiger partial charge in [-0.25, -0.2) is 12.7 Å². The molecular weight excluding hydrogens is 348 g/mol. The van der Waals surface area contributed by atoms with E-state index in [0.29, 0.717) is 13.1 Å². The number of aryl methyl sites for hydroxylation is 1. The van der Waals surface area contributed by atoms with Crippen molar-refractivity contribution in [2.24, 2.45) is 5.41 Å². The van der Waals surface area contributed by atoms with Crippen LogP contribution in [-0.4, -0.2) is 43.8 Å². The molecule has 0 saturated carbocycles. The van der Waals surface area contributed by atoms with Crippen LogP contribution in [-0.2, 0) is 22.3 Å². The molecule has 2 aliphatic heterocycles. The summed E-state index contributed by atoms with van der Waals surface area (Å²) >= 11 is 0. The first-order valence-corrected chi connectivity index (χ1v) is 10.8. The lowest BCUT2D eigenvalue weighted by Crippen LogP contribution is -2.34. The number of hydrogen-bond donors (Lipinski definition) is 0. The zero-order chi connectivity index (χ0) is 18.2. The highest BCUT2D eigenvalue weighted by atomic mass is 32.2. The molecule has 1 aromatic carbocycles. The topological polar surface area (TPSA) is 53.8 Å². The third-order valence-electron chi connectivity index (χ3n) is 5.68. The van der Waals surface area contributed by atoms with E-state index in [-0.39, 0.29) is 11.2 Å². The standard InChI is InChI=1S/C20H26N2O3S/c1-17-7-8-19(25-17)13-21-11-9-20(15-21)10-12-22(16-20)26(23,24)14-18-5-3-2-4-6-18/h2-8H,9-16H2,1H3. The van der Waals surface area contributed by atoms with Crippen LogP contribution in [0.15, 0.2) is 46.9 Å². The Kier molecular flexibility index (Phi) is 4.67. The van der Waals surface area contributed by atoms with Crippen LogP contribution in [0.1, 0.15) is 29.9 Å². The van der Waals surface area contributed by atoms with E-state index in [2.05, 4.69) is 4.90 Å². The molecule has 0 radical (unpaired) electrons. The van der Waals surface area contributed by atoms with E-state index < -0.39 is 10.0 Å². The molecule has 2 fully saturated rings. The highest BCUT2D eigenvalue weighted by Gasteiger charge is 2.46. The molecular formula is C20H26N2O3S. The monoisotopic (exact) mass is 374 g/mol. The Hall–Kier alpha value is -1.63. The Morgan fingerprint density at radius 2 is 1.81 bits per heavy atom. The Labute approximate surface area is 155 Å². The molecule has 3 heterocycles. The third-order valence-corrected chi connectivity index (χ3v) is 7.48. The van der Waals surface area contributed by atoms with Crippen LogP contribution in [0.3, 0.4) is 0 Å². The summed E-state index contributed by atoms with van der Waals surface area (Å²) in [6.07, 6.45) is 2.01. The minimum Gasteiger partial charge on any atom is -0.465 e. The van der Waals surface area contributed by atoms with Crippen molar-refractivity contribution >= 4 is 10.0 Å². The Bertz CT molecular complexity index is 862. The normalized spacial score (nSPS) is 24.7. The number of likely N-dealkylation sites (tertiary alicyclic amines) is 1. The molecule has 140 valence electrons. The maximum absolute atomic E-state index is 12.8. The SMILES string of the molecule is Cc1ccc(CN2CCC3(CCN(S(=O)(=O)Cc4ccccc4)C3)C2)o1. The highest BCUT2D eigenvalue weighted by Crippen LogP contribution is 2.41. The molecule has 26 heavy (non-hydrogen) atoms. The van der Waals surface area contributed by atoms with Gasteiger partial charge in [-0.15, -0.1) is 0 Å². The third kappa shape index (κ3) is 3.72. The average molecular weight is 375 g/mol. The van der Waals surface area contributed by atoms with Gasteiger partial charge in [0.1, 0.15) is 11.5 Å². The van der Waals surface area contributed by atoms with E-state index in [4.69, 9.17) is 4.42 Å². The first-order valence-electron chi connectivity index (χ1n) is 9.24. The van der Waals surface area contributed by atoms with Crippen LogP contribution < -0.4 is 0 Å². The maximum Gasteiger partial charge on any atom is 0.218 e. The minimum atomic E-state index is -3.25. The smallest absolute Gasteiger partial charge is 0.218 e. The van der Waals surface area contributed by atoms with Crippen LogP contribution in [0.25, 0.3) is 0 Å². The summed E-state index contributed by atoms with van der Waals surface area (Å²) in [5, 5.41) is 0. The second-order valence-electron chi connectivity index (χ2n) is 7.80. The molecule has 0 bridgehead atoms. The highest BCUT2D eigenvalue weighted by molar-refractivity contribution is 7.88. The van der Waals surface area contributed by atoms with Crippen molar-refractivity contribution < 1.29 is 12.8 Å². The molecule has 2 aliphatic rings. The average Bonchev–Trinajstić information content (AvgIpc) is 3.31. The minimum absolute atomic E-state index is 0.0965. The fourth-order valence-electron chi connectivity index (χ4n) is 4.29. The molecule has 1 aromatic heterocycles. The Balaban J connectivity index is 1.38. The Morgan fingerprint density at radius 3 is 2.54 bits per heavy atom. The number of hydrogen-bond acceptors (Lipinski definition) is 4. The molecule has 5 nitrogen and oxygen atoms in total. The molecule has 6 heteroatoms. The summed E-state index contributed by atoms with van der Waals surface area (Å²) < 4.78 is 33.0. The zero-order valence-electron chi connectivity index (χ0n) is 15.2. The summed E-state index contributed by atoms with van der Waals surface area (Å²) in [6.45, 7) is 6.02. The molecule has 2 aromatic rings. The number of benzene rings is 1. The number of nitrogens with zero attached hydrogens (tertiary/aromatic N) is 2. The lowest BCUT2D eigenvalue weighted by atomic mass is 9.87. The first-order chi connectivity index (χ1) is 12.4. The van der Waals surface area contributed by atoms with Crippen molar-refractivity contribution in [3.8, 4) is 0 Å². The largest absolute Gasteiger partial charge is 0.465 e. The summed E-state index contributed by atoms with van der Waals surface area (Å²) in [7, 11) is -3.25. The van der Waals surface area contributed by atoms with E-state index >= 15 is 0 Å². The van der Waals surface area contributed by atoms with Gasteiger partial charge in [-0.2, -0.15) is 0 Å². The van der Waals surface area contributed by atoms with Crippen LogP contribution in [0.2, 0.25) is 0 Å². The van der Waals surface area contributed by atoms with Crippen LogP contribution in [0.5, 0.6) is 0 Å². The van der Waals surface area contributed by atoms with Crippen molar-refractivity contribution in [3.05, 3.63) is 59.5 Å². The van der Waals surface area contributed by atoms with Crippen LogP contribution in [0.4, 0.5) is 0 Å². The summed E-state index contributed by atoms with van der Waals surface area (Å²) in [6, 6.07) is 13.5. The van der Waals surface area contributed by atoms with Gasteiger partial charge in [0, 0.05) is 19.6 Å². The quantitative estimate of drug-likeness (QED) is 0.807. The maximum atomic E-state index is 12.8. The van der Waals surface area contributed by atoms with Crippen LogP contribution >= 0.6 is 0 Å². The molecule has 0 aliphatic carbocycles. The number of furan rings is 1. The van der Waals surface area contributed by atoms with E-state index in [1.807, 2.05) is 49.4 Å². The fraction of sp³-hybridized carbons (Fsp3) is 0.500. The lowest BCUT2D eigenvalue weighted by molar-refractivity contribution is 0.244. The van der Waals surface area contributed by atoms with Gasteiger partial charge in [-0.3, -0.25) is 4.90 Å². The van der Waals surface area contributed by atoms with Crippen molar-refractivity contribution in [2.75, 3.05) is 26.2 Å². The predicted octanol–water partition coefficient (Wildman–Crippen LogP) is 3.02. The molecule has 4 rings (SSSR count). The van der Waals surface area contributed by atoms with Gasteiger partial charge in [-0.1, -0.05) is 30.3 Å². The van der Waals surface area contributed by atoms with Gasteiger partial charge in [0.25, 0.3) is 0 Å². The summed E-state index contributed by atoms with van der Waals surface area (Å²) in [5.74, 6) is 2.03. The second-order valence-corrected chi connectivity index (χ2v) is 9.77. The van der Waals surface area contributed by atoms with Gasteiger partial charge in [-0.05, 0) is 49.4 Å². The zero-order valence-corrected chi connectivity index (χ0v) is 16.0. The van der Waals surface area contributed by atoms with Crippen molar-refractivity contribution in [1.82, 2.24) is 9.21 Å². The van der Waals surface area contributed by atoms with E-state index in [1.165, 1.54) is 0 Å². The summed E-state index contributed by atoms with van der Waals surface area (Å²) in [5.41, 5.74) is 0.959. The van der Waals surface area contributed by atoms with Gasteiger partial charge in [0.05, 0.1) is 12.3 Å². The molecule has 1 atom stereocenters. The van der Waals surface area contributed by atoms with Crippen LogP contribution in [0, 0.1) is 12.3 Å². The van der Waals surface area contributed by atoms with E-state index in [9.17, 15) is 8.42 Å². The molecule has 0 N–H and O–H groups in total. The van der Waals surface area contributed by atoms with Crippen molar-refractivity contribution in [1.29, 1.82) is 0 Å². The van der Waals surface area contributed by atoms with Gasteiger partial charge in [0.2, 0.25) is 10.0 Å². The van der Waals surface area contributed by atoms with Gasteiger partial charge < -0.3 is 4.42 Å². The second kappa shape index (κ2) is 6.83. The van der Waals surface area contributed by atoms with E-state index in [0.717, 1.165) is 49.6 Å². The fourth-order valence-corrected chi connectivity index (χ4v) is 5.93.